The maximum absolute atomic E-state index is 13.4. The molecule has 3 fully saturated rings. The Labute approximate surface area is 178 Å². The Morgan fingerprint density at radius 3 is 2.73 bits per heavy atom. The van der Waals surface area contributed by atoms with Crippen molar-refractivity contribution in [1.29, 1.82) is 0 Å². The van der Waals surface area contributed by atoms with Crippen LogP contribution in [0.15, 0.2) is 24.3 Å². The first-order valence-electron chi connectivity index (χ1n) is 11.1. The van der Waals surface area contributed by atoms with Crippen LogP contribution >= 0.6 is 0 Å². The smallest absolute Gasteiger partial charge is 0.337 e. The minimum Gasteiger partial charge on any atom is -0.465 e. The van der Waals surface area contributed by atoms with E-state index in [1.54, 1.807) is 12.1 Å². The molecule has 1 aromatic rings. The number of piperidine rings is 1. The van der Waals surface area contributed by atoms with E-state index in [-0.39, 0.29) is 17.3 Å². The number of fused-ring (bicyclic) bond motifs is 1. The van der Waals surface area contributed by atoms with E-state index in [0.717, 1.165) is 70.6 Å². The summed E-state index contributed by atoms with van der Waals surface area (Å²) in [6.07, 6.45) is 4.16. The maximum Gasteiger partial charge on any atom is 0.337 e. The van der Waals surface area contributed by atoms with Crippen molar-refractivity contribution in [1.82, 2.24) is 15.5 Å². The average molecular weight is 416 g/mol. The topological polar surface area (TPSA) is 79.9 Å². The molecule has 7 heteroatoms. The summed E-state index contributed by atoms with van der Waals surface area (Å²) in [6.45, 7) is 5.89. The van der Waals surface area contributed by atoms with Gasteiger partial charge in [0, 0.05) is 32.2 Å². The van der Waals surface area contributed by atoms with Crippen molar-refractivity contribution in [3.63, 3.8) is 0 Å². The normalized spacial score (nSPS) is 29.6. The van der Waals surface area contributed by atoms with Crippen LogP contribution in [0.25, 0.3) is 0 Å². The van der Waals surface area contributed by atoms with Crippen LogP contribution in [0.2, 0.25) is 0 Å². The number of ether oxygens (including phenoxy) is 2. The number of methoxy groups -OCH3 is 1. The molecule has 1 aliphatic carbocycles. The van der Waals surface area contributed by atoms with Crippen LogP contribution in [-0.2, 0) is 20.8 Å². The second-order valence-corrected chi connectivity index (χ2v) is 8.77. The van der Waals surface area contributed by atoms with Gasteiger partial charge in [0.05, 0.1) is 31.3 Å². The molecule has 1 aromatic carbocycles. The molecule has 2 aliphatic heterocycles. The fourth-order valence-corrected chi connectivity index (χ4v) is 5.40. The number of benzene rings is 1. The van der Waals surface area contributed by atoms with Crippen LogP contribution in [-0.4, -0.2) is 69.3 Å². The van der Waals surface area contributed by atoms with Gasteiger partial charge in [-0.25, -0.2) is 4.79 Å². The summed E-state index contributed by atoms with van der Waals surface area (Å²) in [5.41, 5.74) is 1.19. The first-order valence-corrected chi connectivity index (χ1v) is 11.1. The molecule has 0 unspecified atom stereocenters. The molecule has 0 radical (unpaired) electrons. The third kappa shape index (κ3) is 4.38. The Hall–Kier alpha value is -1.96. The molecular formula is C23H33N3O4. The minimum atomic E-state index is -0.349. The lowest BCUT2D eigenvalue weighted by molar-refractivity contribution is -0.140. The molecule has 3 atom stereocenters. The fourth-order valence-electron chi connectivity index (χ4n) is 5.40. The first-order chi connectivity index (χ1) is 14.6. The highest BCUT2D eigenvalue weighted by atomic mass is 16.5. The molecule has 2 N–H and O–H groups in total. The van der Waals surface area contributed by atoms with Gasteiger partial charge in [-0.3, -0.25) is 9.69 Å². The summed E-state index contributed by atoms with van der Waals surface area (Å²) in [6, 6.07) is 7.80. The number of hydrogen-bond acceptors (Lipinski definition) is 6. The van der Waals surface area contributed by atoms with Crippen molar-refractivity contribution in [2.24, 2.45) is 11.3 Å². The van der Waals surface area contributed by atoms with E-state index < -0.39 is 0 Å². The fraction of sp³-hybridized carbons (Fsp3) is 0.652. The number of amides is 1. The van der Waals surface area contributed by atoms with Crippen molar-refractivity contribution in [3.8, 4) is 0 Å². The van der Waals surface area contributed by atoms with Gasteiger partial charge in [0.1, 0.15) is 0 Å². The van der Waals surface area contributed by atoms with Gasteiger partial charge in [0.15, 0.2) is 0 Å². The second-order valence-electron chi connectivity index (χ2n) is 8.77. The Balaban J connectivity index is 1.38. The van der Waals surface area contributed by atoms with Crippen molar-refractivity contribution < 1.29 is 19.1 Å². The van der Waals surface area contributed by atoms with Crippen LogP contribution in [0, 0.1) is 11.3 Å². The van der Waals surface area contributed by atoms with E-state index in [2.05, 4.69) is 15.5 Å². The Kier molecular flexibility index (Phi) is 6.71. The maximum atomic E-state index is 13.4. The molecule has 7 nitrogen and oxygen atoms in total. The average Bonchev–Trinajstić information content (AvgIpc) is 2.82. The third-order valence-corrected chi connectivity index (χ3v) is 7.21. The number of nitrogens with one attached hydrogen (secondary N) is 2. The molecule has 30 heavy (non-hydrogen) atoms. The van der Waals surface area contributed by atoms with E-state index in [9.17, 15) is 9.59 Å². The van der Waals surface area contributed by atoms with Crippen molar-refractivity contribution >= 4 is 11.9 Å². The van der Waals surface area contributed by atoms with Gasteiger partial charge >= 0.3 is 5.97 Å². The van der Waals surface area contributed by atoms with Gasteiger partial charge in [0.25, 0.3) is 0 Å². The van der Waals surface area contributed by atoms with E-state index in [1.807, 2.05) is 12.1 Å². The SMILES string of the molecule is COC(=O)c1ccc(CNC(=O)[C@@]23CC[C@@H](N4CCOCC4)C[C@H]2CCNC3)cc1. The lowest BCUT2D eigenvalue weighted by atomic mass is 9.61. The standard InChI is InChI=1S/C23H33N3O4/c1-29-21(27)18-4-2-17(3-5-18)15-25-22(28)23-8-6-20(26-10-12-30-13-11-26)14-19(23)7-9-24-16-23/h2-5,19-20,24H,6-16H2,1H3,(H,25,28)/t19-,20-,23-/m1/s1. The summed E-state index contributed by atoms with van der Waals surface area (Å²) in [4.78, 5) is 27.5. The monoisotopic (exact) mass is 415 g/mol. The van der Waals surface area contributed by atoms with E-state index in [0.29, 0.717) is 24.1 Å². The molecule has 4 rings (SSSR count). The number of rotatable bonds is 5. The largest absolute Gasteiger partial charge is 0.465 e. The molecule has 3 aliphatic rings. The van der Waals surface area contributed by atoms with Crippen LogP contribution in [0.5, 0.6) is 0 Å². The van der Waals surface area contributed by atoms with Crippen LogP contribution in [0.4, 0.5) is 0 Å². The molecule has 2 heterocycles. The zero-order chi connectivity index (χ0) is 21.0. The first kappa shape index (κ1) is 21.3. The van der Waals surface area contributed by atoms with Crippen LogP contribution < -0.4 is 10.6 Å². The van der Waals surface area contributed by atoms with Crippen molar-refractivity contribution in [2.75, 3.05) is 46.5 Å². The predicted molar refractivity (Wildman–Crippen MR) is 113 cm³/mol. The Bertz CT molecular complexity index is 747. The minimum absolute atomic E-state index is 0.164. The molecule has 164 valence electrons. The molecule has 0 bridgehead atoms. The second kappa shape index (κ2) is 9.45. The van der Waals surface area contributed by atoms with Gasteiger partial charge < -0.3 is 20.1 Å². The Morgan fingerprint density at radius 2 is 2.00 bits per heavy atom. The number of morpholine rings is 1. The molecule has 0 aromatic heterocycles. The molecule has 0 spiro atoms. The number of carbonyl (C=O) groups is 2. The summed E-state index contributed by atoms with van der Waals surface area (Å²) >= 11 is 0. The van der Waals surface area contributed by atoms with Gasteiger partial charge in [-0.2, -0.15) is 0 Å². The zero-order valence-electron chi connectivity index (χ0n) is 17.8. The lowest BCUT2D eigenvalue weighted by Gasteiger charge is -2.50. The van der Waals surface area contributed by atoms with Gasteiger partial charge in [-0.05, 0) is 55.8 Å². The number of nitrogens with zero attached hydrogens (tertiary/aromatic N) is 1. The van der Waals surface area contributed by atoms with Gasteiger partial charge in [-0.1, -0.05) is 12.1 Å². The molecule has 1 amide bonds. The number of esters is 1. The van der Waals surface area contributed by atoms with E-state index in [1.165, 1.54) is 7.11 Å². The van der Waals surface area contributed by atoms with Crippen molar-refractivity contribution in [3.05, 3.63) is 35.4 Å². The predicted octanol–water partition coefficient (Wildman–Crippen LogP) is 1.57. The van der Waals surface area contributed by atoms with E-state index in [4.69, 9.17) is 9.47 Å². The zero-order valence-corrected chi connectivity index (χ0v) is 17.8. The summed E-state index contributed by atoms with van der Waals surface area (Å²) in [5, 5.41) is 6.67. The third-order valence-electron chi connectivity index (χ3n) is 7.21. The van der Waals surface area contributed by atoms with Crippen molar-refractivity contribution in [2.45, 2.75) is 38.3 Å². The highest BCUT2D eigenvalue weighted by Crippen LogP contribution is 2.46. The van der Waals surface area contributed by atoms with Gasteiger partial charge in [-0.15, -0.1) is 0 Å². The highest BCUT2D eigenvalue weighted by Gasteiger charge is 2.50. The Morgan fingerprint density at radius 1 is 1.23 bits per heavy atom. The van der Waals surface area contributed by atoms with Gasteiger partial charge in [0.2, 0.25) is 5.91 Å². The number of carbonyl (C=O) groups excluding carboxylic acids is 2. The lowest BCUT2D eigenvalue weighted by Crippen LogP contribution is -2.60. The van der Waals surface area contributed by atoms with Crippen LogP contribution in [0.3, 0.4) is 0 Å². The van der Waals surface area contributed by atoms with E-state index >= 15 is 0 Å². The summed E-state index contributed by atoms with van der Waals surface area (Å²) in [7, 11) is 1.37. The summed E-state index contributed by atoms with van der Waals surface area (Å²) < 4.78 is 10.3. The number of hydrogen-bond donors (Lipinski definition) is 2. The quantitative estimate of drug-likeness (QED) is 0.711. The van der Waals surface area contributed by atoms with Crippen LogP contribution in [0.1, 0.15) is 41.6 Å². The highest BCUT2D eigenvalue weighted by molar-refractivity contribution is 5.89. The molecular weight excluding hydrogens is 382 g/mol. The molecule has 2 saturated heterocycles. The molecule has 1 saturated carbocycles. The summed E-state index contributed by atoms with van der Waals surface area (Å²) in [5.74, 6) is 0.233.